The minimum Gasteiger partial charge on any atom is -0.479 e. The number of carbonyl (C=O) groups is 2. The molecule has 27 heavy (non-hydrogen) atoms. The van der Waals surface area contributed by atoms with Crippen molar-refractivity contribution < 1.29 is 28.9 Å². The van der Waals surface area contributed by atoms with E-state index in [0.29, 0.717) is 13.2 Å². The summed E-state index contributed by atoms with van der Waals surface area (Å²) in [5.41, 5.74) is 0.870. The minimum absolute atomic E-state index is 0.000426. The molecule has 152 valence electrons. The maximum absolute atomic E-state index is 11.9. The van der Waals surface area contributed by atoms with Crippen LogP contribution in [0.25, 0.3) is 0 Å². The summed E-state index contributed by atoms with van der Waals surface area (Å²) in [5.74, 6) is -1.10. The topological polar surface area (TPSA) is 94.1 Å². The van der Waals surface area contributed by atoms with Crippen molar-refractivity contribution >= 4 is 12.1 Å². The summed E-state index contributed by atoms with van der Waals surface area (Å²) >= 11 is 0. The number of alkyl carbamates (subject to hydrolysis) is 1. The number of hydrogen-bond acceptors (Lipinski definition) is 5. The van der Waals surface area contributed by atoms with Crippen LogP contribution in [0.2, 0.25) is 0 Å². The van der Waals surface area contributed by atoms with Gasteiger partial charge in [-0.25, -0.2) is 9.59 Å². The molecule has 0 aliphatic rings. The molecule has 7 nitrogen and oxygen atoms in total. The van der Waals surface area contributed by atoms with Gasteiger partial charge in [0.15, 0.2) is 6.10 Å². The van der Waals surface area contributed by atoms with Crippen LogP contribution in [0.4, 0.5) is 4.79 Å². The summed E-state index contributed by atoms with van der Waals surface area (Å²) in [6.07, 6.45) is 0.846. The van der Waals surface area contributed by atoms with Crippen LogP contribution in [-0.4, -0.2) is 49.1 Å². The average Bonchev–Trinajstić information content (AvgIpc) is 2.67. The van der Waals surface area contributed by atoms with Crippen LogP contribution in [0.1, 0.15) is 45.1 Å². The zero-order valence-corrected chi connectivity index (χ0v) is 16.2. The molecule has 0 aliphatic carbocycles. The van der Waals surface area contributed by atoms with Gasteiger partial charge < -0.3 is 24.6 Å². The second-order valence-electron chi connectivity index (χ2n) is 6.19. The number of ether oxygens (including phenoxy) is 3. The first kappa shape index (κ1) is 22.9. The summed E-state index contributed by atoms with van der Waals surface area (Å²) in [6, 6.07) is 9.31. The predicted octanol–water partition coefficient (Wildman–Crippen LogP) is 3.37. The third kappa shape index (κ3) is 9.96. The Balaban J connectivity index is 2.55. The van der Waals surface area contributed by atoms with Crippen molar-refractivity contribution in [3.05, 3.63) is 35.9 Å². The Kier molecular flexibility index (Phi) is 11.9. The molecular formula is C20H31NO6. The molecular weight excluding hydrogens is 350 g/mol. The van der Waals surface area contributed by atoms with Gasteiger partial charge in [0.1, 0.15) is 12.7 Å². The summed E-state index contributed by atoms with van der Waals surface area (Å²) in [5, 5.41) is 12.0. The molecule has 7 heteroatoms. The molecule has 0 unspecified atom stereocenters. The molecule has 0 fully saturated rings. The van der Waals surface area contributed by atoms with Crippen molar-refractivity contribution in [3.8, 4) is 0 Å². The van der Waals surface area contributed by atoms with Gasteiger partial charge in [0.2, 0.25) is 0 Å². The normalized spacial score (nSPS) is 13.0. The Labute approximate surface area is 161 Å². The summed E-state index contributed by atoms with van der Waals surface area (Å²) in [4.78, 5) is 23.5. The van der Waals surface area contributed by atoms with Gasteiger partial charge in [0.25, 0.3) is 0 Å². The molecule has 1 aromatic rings. The number of rotatable bonds is 14. The second kappa shape index (κ2) is 14.0. The summed E-state index contributed by atoms with van der Waals surface area (Å²) < 4.78 is 16.3. The quantitative estimate of drug-likeness (QED) is 0.480. The number of benzene rings is 1. The van der Waals surface area contributed by atoms with Gasteiger partial charge in [-0.05, 0) is 18.4 Å². The first-order valence-electron chi connectivity index (χ1n) is 9.49. The summed E-state index contributed by atoms with van der Waals surface area (Å²) in [7, 11) is 0. The lowest BCUT2D eigenvalue weighted by atomic mass is 10.2. The van der Waals surface area contributed by atoms with Gasteiger partial charge in [-0.3, -0.25) is 0 Å². The van der Waals surface area contributed by atoms with Crippen molar-refractivity contribution in [2.24, 2.45) is 0 Å². The monoisotopic (exact) mass is 381 g/mol. The molecule has 2 atom stereocenters. The third-order valence-corrected chi connectivity index (χ3v) is 3.87. The fraction of sp³-hybridized carbons (Fsp3) is 0.600. The molecule has 0 aliphatic heterocycles. The van der Waals surface area contributed by atoms with E-state index in [4.69, 9.17) is 14.2 Å². The number of aliphatic carboxylic acids is 1. The Morgan fingerprint density at radius 1 is 1.04 bits per heavy atom. The second-order valence-corrected chi connectivity index (χ2v) is 6.19. The molecule has 0 saturated heterocycles. The molecule has 0 radical (unpaired) electrons. The van der Waals surface area contributed by atoms with Crippen LogP contribution in [-0.2, 0) is 25.6 Å². The molecule has 1 rings (SSSR count). The largest absolute Gasteiger partial charge is 0.479 e. The highest BCUT2D eigenvalue weighted by atomic mass is 16.6. The van der Waals surface area contributed by atoms with Crippen LogP contribution in [0, 0.1) is 0 Å². The number of carboxylic acid groups (broad SMARTS) is 1. The third-order valence-electron chi connectivity index (χ3n) is 3.87. The zero-order valence-electron chi connectivity index (χ0n) is 16.2. The number of nitrogens with one attached hydrogen (secondary N) is 1. The first-order valence-corrected chi connectivity index (χ1v) is 9.49. The van der Waals surface area contributed by atoms with Crippen molar-refractivity contribution in [1.29, 1.82) is 0 Å². The van der Waals surface area contributed by atoms with Crippen LogP contribution in [0.3, 0.4) is 0 Å². The number of hydrogen-bond donors (Lipinski definition) is 2. The van der Waals surface area contributed by atoms with Gasteiger partial charge in [0.05, 0.1) is 6.54 Å². The smallest absolute Gasteiger partial charge is 0.407 e. The van der Waals surface area contributed by atoms with E-state index >= 15 is 0 Å². The molecule has 0 bridgehead atoms. The maximum Gasteiger partial charge on any atom is 0.407 e. The number of carboxylic acids is 1. The Morgan fingerprint density at radius 2 is 1.67 bits per heavy atom. The number of unbranched alkanes of at least 4 members (excludes halogenated alkanes) is 2. The Hall–Kier alpha value is -2.12. The van der Waals surface area contributed by atoms with E-state index in [0.717, 1.165) is 31.2 Å². The van der Waals surface area contributed by atoms with E-state index in [2.05, 4.69) is 5.32 Å². The lowest BCUT2D eigenvalue weighted by Crippen LogP contribution is -2.46. The van der Waals surface area contributed by atoms with Gasteiger partial charge in [-0.1, -0.05) is 57.0 Å². The van der Waals surface area contributed by atoms with Crippen molar-refractivity contribution in [2.75, 3.05) is 19.8 Å². The molecule has 0 saturated carbocycles. The lowest BCUT2D eigenvalue weighted by Gasteiger charge is -2.25. The highest BCUT2D eigenvalue weighted by Gasteiger charge is 2.30. The molecule has 0 spiro atoms. The van der Waals surface area contributed by atoms with E-state index < -0.39 is 24.3 Å². The van der Waals surface area contributed by atoms with E-state index in [9.17, 15) is 14.7 Å². The fourth-order valence-electron chi connectivity index (χ4n) is 2.28. The average molecular weight is 381 g/mol. The molecule has 0 heterocycles. The molecule has 1 amide bonds. The first-order chi connectivity index (χ1) is 13.1. The highest BCUT2D eigenvalue weighted by molar-refractivity contribution is 5.73. The van der Waals surface area contributed by atoms with Crippen molar-refractivity contribution in [1.82, 2.24) is 5.32 Å². The van der Waals surface area contributed by atoms with Crippen LogP contribution < -0.4 is 5.32 Å². The standard InChI is InChI=1S/C20H31NO6/c1-3-5-12-25-17(18(19(22)23)26-13-6-4-2)14-21-20(24)27-15-16-10-8-7-9-11-16/h7-11,17-18H,3-6,12-15H2,1-2H3,(H,21,24)(H,22,23)/t17-,18-/m0/s1. The fourth-order valence-corrected chi connectivity index (χ4v) is 2.28. The van der Waals surface area contributed by atoms with E-state index in [-0.39, 0.29) is 13.2 Å². The number of carbonyl (C=O) groups excluding carboxylic acids is 1. The van der Waals surface area contributed by atoms with Gasteiger partial charge in [-0.2, -0.15) is 0 Å². The molecule has 2 N–H and O–H groups in total. The van der Waals surface area contributed by atoms with Crippen LogP contribution >= 0.6 is 0 Å². The minimum atomic E-state index is -1.14. The van der Waals surface area contributed by atoms with Crippen molar-refractivity contribution in [3.63, 3.8) is 0 Å². The Bertz CT molecular complexity index is 537. The van der Waals surface area contributed by atoms with Gasteiger partial charge in [-0.15, -0.1) is 0 Å². The predicted molar refractivity (Wildman–Crippen MR) is 102 cm³/mol. The Morgan fingerprint density at radius 3 is 2.26 bits per heavy atom. The summed E-state index contributed by atoms with van der Waals surface area (Å²) in [6.45, 7) is 4.90. The van der Waals surface area contributed by atoms with E-state index in [1.54, 1.807) is 0 Å². The molecule has 0 aromatic heterocycles. The van der Waals surface area contributed by atoms with Gasteiger partial charge >= 0.3 is 12.1 Å². The lowest BCUT2D eigenvalue weighted by molar-refractivity contribution is -0.162. The maximum atomic E-state index is 11.9. The van der Waals surface area contributed by atoms with E-state index in [1.165, 1.54) is 0 Å². The number of amides is 1. The SMILES string of the molecule is CCCCO[C@@H](CNC(=O)OCc1ccccc1)[C@H](OCCCC)C(=O)O. The van der Waals surface area contributed by atoms with Crippen LogP contribution in [0.15, 0.2) is 30.3 Å². The van der Waals surface area contributed by atoms with Crippen molar-refractivity contribution in [2.45, 2.75) is 58.3 Å². The zero-order chi connectivity index (χ0) is 19.9. The highest BCUT2D eigenvalue weighted by Crippen LogP contribution is 2.08. The van der Waals surface area contributed by atoms with E-state index in [1.807, 2.05) is 44.2 Å². The van der Waals surface area contributed by atoms with Gasteiger partial charge in [0, 0.05) is 13.2 Å². The molecule has 1 aromatic carbocycles. The van der Waals surface area contributed by atoms with Crippen LogP contribution in [0.5, 0.6) is 0 Å².